The summed E-state index contributed by atoms with van der Waals surface area (Å²) in [5.74, 6) is -0.482. The summed E-state index contributed by atoms with van der Waals surface area (Å²) in [5, 5.41) is 29.1. The van der Waals surface area contributed by atoms with Crippen molar-refractivity contribution in [1.82, 2.24) is 0 Å². The van der Waals surface area contributed by atoms with Crippen LogP contribution in [0.25, 0.3) is 0 Å². The van der Waals surface area contributed by atoms with E-state index in [4.69, 9.17) is 9.47 Å². The van der Waals surface area contributed by atoms with Crippen molar-refractivity contribution in [2.45, 2.75) is 18.8 Å². The molecule has 0 bridgehead atoms. The quantitative estimate of drug-likeness (QED) is 0.644. The molecule has 0 spiro atoms. The predicted octanol–water partition coefficient (Wildman–Crippen LogP) is 2.02. The van der Waals surface area contributed by atoms with E-state index in [1.165, 1.54) is 24.3 Å². The van der Waals surface area contributed by atoms with Crippen molar-refractivity contribution in [2.24, 2.45) is 0 Å². The Balaban J connectivity index is 1.86. The summed E-state index contributed by atoms with van der Waals surface area (Å²) in [7, 11) is 0. The Labute approximate surface area is 125 Å². The van der Waals surface area contributed by atoms with Crippen LogP contribution in [-0.4, -0.2) is 27.2 Å². The molecule has 112 valence electrons. The molecule has 0 amide bonds. The molecule has 0 aromatic heterocycles. The Bertz CT molecular complexity index is 797. The SMILES string of the molecule is O=C1c2ccc(O)cc2O[C@H]2c3ccc(O)c(O)c3CO[C@H]12. The average Bonchev–Trinajstić information content (AvgIpc) is 2.50. The molecule has 6 heteroatoms. The number of aromatic hydroxyl groups is 3. The molecule has 0 fully saturated rings. The second-order valence-corrected chi connectivity index (χ2v) is 5.32. The number of carbonyl (C=O) groups excluding carboxylic acids is 1. The van der Waals surface area contributed by atoms with Crippen molar-refractivity contribution in [3.63, 3.8) is 0 Å². The maximum Gasteiger partial charge on any atom is 0.199 e. The van der Waals surface area contributed by atoms with Crippen molar-refractivity contribution >= 4 is 5.78 Å². The zero-order chi connectivity index (χ0) is 15.4. The third kappa shape index (κ3) is 1.67. The lowest BCUT2D eigenvalue weighted by Crippen LogP contribution is -2.41. The highest BCUT2D eigenvalue weighted by molar-refractivity contribution is 6.03. The molecule has 2 aliphatic heterocycles. The molecule has 0 saturated carbocycles. The number of benzene rings is 2. The number of ether oxygens (including phenoxy) is 2. The van der Waals surface area contributed by atoms with E-state index in [1.54, 1.807) is 6.07 Å². The first kappa shape index (κ1) is 13.0. The molecule has 4 rings (SSSR count). The normalized spacial score (nSPS) is 22.3. The second kappa shape index (κ2) is 4.38. The lowest BCUT2D eigenvalue weighted by atomic mass is 9.88. The number of ketones is 1. The molecule has 2 heterocycles. The van der Waals surface area contributed by atoms with Gasteiger partial charge in [-0.05, 0) is 18.2 Å². The highest BCUT2D eigenvalue weighted by atomic mass is 16.6. The minimum Gasteiger partial charge on any atom is -0.508 e. The van der Waals surface area contributed by atoms with Gasteiger partial charge >= 0.3 is 0 Å². The fourth-order valence-corrected chi connectivity index (χ4v) is 2.92. The summed E-state index contributed by atoms with van der Waals surface area (Å²) < 4.78 is 11.3. The Morgan fingerprint density at radius 1 is 1.05 bits per heavy atom. The lowest BCUT2D eigenvalue weighted by molar-refractivity contribution is -0.0431. The standard InChI is InChI=1S/C16H12O6/c17-7-1-2-9-12(5-7)22-15-8-3-4-11(18)13(19)10(8)6-21-16(15)14(9)20/h1-5,15-19H,6H2/t15-,16+/m0/s1. The Morgan fingerprint density at radius 3 is 2.68 bits per heavy atom. The van der Waals surface area contributed by atoms with Crippen LogP contribution in [0.3, 0.4) is 0 Å². The van der Waals surface area contributed by atoms with Crippen molar-refractivity contribution < 1.29 is 29.6 Å². The molecule has 6 nitrogen and oxygen atoms in total. The molecule has 0 radical (unpaired) electrons. The van der Waals surface area contributed by atoms with E-state index in [0.717, 1.165) is 0 Å². The van der Waals surface area contributed by atoms with Crippen LogP contribution in [0, 0.1) is 0 Å². The summed E-state index contributed by atoms with van der Waals surface area (Å²) >= 11 is 0. The van der Waals surface area contributed by atoms with Gasteiger partial charge in [-0.25, -0.2) is 0 Å². The summed E-state index contributed by atoms with van der Waals surface area (Å²) in [5.41, 5.74) is 1.34. The molecule has 2 aliphatic rings. The van der Waals surface area contributed by atoms with Gasteiger partial charge in [-0.2, -0.15) is 0 Å². The van der Waals surface area contributed by atoms with Gasteiger partial charge in [-0.1, -0.05) is 6.07 Å². The van der Waals surface area contributed by atoms with Gasteiger partial charge in [0.25, 0.3) is 0 Å². The Hall–Kier alpha value is -2.73. The second-order valence-electron chi connectivity index (χ2n) is 5.32. The first-order chi connectivity index (χ1) is 10.6. The predicted molar refractivity (Wildman–Crippen MR) is 74.2 cm³/mol. The molecule has 22 heavy (non-hydrogen) atoms. The van der Waals surface area contributed by atoms with Crippen LogP contribution in [0.5, 0.6) is 23.0 Å². The molecule has 0 saturated heterocycles. The summed E-state index contributed by atoms with van der Waals surface area (Å²) in [6.07, 6.45) is -1.54. The summed E-state index contributed by atoms with van der Waals surface area (Å²) in [6, 6.07) is 7.24. The van der Waals surface area contributed by atoms with Crippen LogP contribution in [-0.2, 0) is 11.3 Å². The van der Waals surface area contributed by atoms with Gasteiger partial charge in [0.2, 0.25) is 0 Å². The highest BCUT2D eigenvalue weighted by Gasteiger charge is 2.43. The van der Waals surface area contributed by atoms with E-state index >= 15 is 0 Å². The van der Waals surface area contributed by atoms with Gasteiger partial charge in [-0.15, -0.1) is 0 Å². The first-order valence-corrected chi connectivity index (χ1v) is 6.75. The number of fused-ring (bicyclic) bond motifs is 4. The maximum absolute atomic E-state index is 12.5. The molecule has 2 aromatic carbocycles. The zero-order valence-corrected chi connectivity index (χ0v) is 11.3. The average molecular weight is 300 g/mol. The first-order valence-electron chi connectivity index (χ1n) is 6.75. The minimum absolute atomic E-state index is 0.00416. The zero-order valence-electron chi connectivity index (χ0n) is 11.3. The molecule has 2 aromatic rings. The van der Waals surface area contributed by atoms with Gasteiger partial charge in [0.1, 0.15) is 11.5 Å². The number of hydrogen-bond acceptors (Lipinski definition) is 6. The number of Topliss-reactive ketones (excluding diaryl/α,β-unsaturated/α-hetero) is 1. The van der Waals surface area contributed by atoms with Gasteiger partial charge in [-0.3, -0.25) is 4.79 Å². The Morgan fingerprint density at radius 2 is 1.86 bits per heavy atom. The van der Waals surface area contributed by atoms with E-state index in [-0.39, 0.29) is 35.4 Å². The van der Waals surface area contributed by atoms with E-state index in [9.17, 15) is 20.1 Å². The van der Waals surface area contributed by atoms with Crippen molar-refractivity contribution in [1.29, 1.82) is 0 Å². The number of rotatable bonds is 0. The monoisotopic (exact) mass is 300 g/mol. The van der Waals surface area contributed by atoms with Gasteiger partial charge < -0.3 is 24.8 Å². The summed E-state index contributed by atoms with van der Waals surface area (Å²) in [4.78, 5) is 12.5. The molecule has 2 atom stereocenters. The van der Waals surface area contributed by atoms with E-state index in [1.807, 2.05) is 0 Å². The fraction of sp³-hybridized carbons (Fsp3) is 0.188. The number of carbonyl (C=O) groups is 1. The van der Waals surface area contributed by atoms with Gasteiger partial charge in [0.15, 0.2) is 29.5 Å². The fourth-order valence-electron chi connectivity index (χ4n) is 2.92. The van der Waals surface area contributed by atoms with Crippen LogP contribution in [0.4, 0.5) is 0 Å². The highest BCUT2D eigenvalue weighted by Crippen LogP contribution is 2.45. The minimum atomic E-state index is -0.812. The van der Waals surface area contributed by atoms with Gasteiger partial charge in [0, 0.05) is 17.2 Å². The van der Waals surface area contributed by atoms with Gasteiger partial charge in [0.05, 0.1) is 12.2 Å². The Kier molecular flexibility index (Phi) is 2.58. The molecule has 3 N–H and O–H groups in total. The number of phenols is 3. The van der Waals surface area contributed by atoms with E-state index in [0.29, 0.717) is 16.7 Å². The van der Waals surface area contributed by atoms with Crippen LogP contribution >= 0.6 is 0 Å². The molecule has 0 aliphatic carbocycles. The molecule has 0 unspecified atom stereocenters. The van der Waals surface area contributed by atoms with Crippen molar-refractivity contribution in [2.75, 3.05) is 0 Å². The topological polar surface area (TPSA) is 96.2 Å². The van der Waals surface area contributed by atoms with Crippen molar-refractivity contribution in [3.05, 3.63) is 47.0 Å². The van der Waals surface area contributed by atoms with Crippen LogP contribution < -0.4 is 4.74 Å². The number of phenolic OH excluding ortho intramolecular Hbond substituents is 3. The maximum atomic E-state index is 12.5. The smallest absolute Gasteiger partial charge is 0.199 e. The van der Waals surface area contributed by atoms with Crippen LogP contribution in [0.2, 0.25) is 0 Å². The summed E-state index contributed by atoms with van der Waals surface area (Å²) in [6.45, 7) is 0.0131. The van der Waals surface area contributed by atoms with Crippen LogP contribution in [0.15, 0.2) is 30.3 Å². The largest absolute Gasteiger partial charge is 0.508 e. The van der Waals surface area contributed by atoms with E-state index in [2.05, 4.69) is 0 Å². The van der Waals surface area contributed by atoms with Crippen molar-refractivity contribution in [3.8, 4) is 23.0 Å². The lowest BCUT2D eigenvalue weighted by Gasteiger charge is -2.37. The molecular formula is C16H12O6. The number of hydrogen-bond donors (Lipinski definition) is 3. The van der Waals surface area contributed by atoms with Crippen LogP contribution in [0.1, 0.15) is 27.6 Å². The third-order valence-electron chi connectivity index (χ3n) is 4.03. The van der Waals surface area contributed by atoms with E-state index < -0.39 is 12.2 Å². The molecular weight excluding hydrogens is 288 g/mol. The third-order valence-corrected chi connectivity index (χ3v) is 4.03.